The summed E-state index contributed by atoms with van der Waals surface area (Å²) < 4.78 is 5.07. The number of carbonyl (C=O) groups is 2. The van der Waals surface area contributed by atoms with Crippen molar-refractivity contribution in [3.8, 4) is 5.75 Å². The maximum absolute atomic E-state index is 11.7. The van der Waals surface area contributed by atoms with Gasteiger partial charge in [0.25, 0.3) is 0 Å². The molecule has 1 aliphatic rings. The van der Waals surface area contributed by atoms with Crippen LogP contribution in [-0.2, 0) is 4.79 Å². The summed E-state index contributed by atoms with van der Waals surface area (Å²) in [6.45, 7) is 0. The first-order valence-electron chi connectivity index (χ1n) is 4.69. The molecule has 1 unspecified atom stereocenters. The number of hydrogen-bond acceptors (Lipinski definition) is 4. The minimum atomic E-state index is -0.480. The van der Waals surface area contributed by atoms with E-state index >= 15 is 0 Å². The Labute approximate surface area is 102 Å². The van der Waals surface area contributed by atoms with Crippen molar-refractivity contribution in [3.05, 3.63) is 23.8 Å². The number of ketones is 1. The Morgan fingerprint density at radius 2 is 2.31 bits per heavy atom. The van der Waals surface area contributed by atoms with Crippen molar-refractivity contribution in [3.63, 3.8) is 0 Å². The maximum Gasteiger partial charge on any atom is 0.235 e. The molecule has 2 rings (SSSR count). The Kier molecular flexibility index (Phi) is 3.21. The van der Waals surface area contributed by atoms with Gasteiger partial charge in [-0.3, -0.25) is 9.59 Å². The van der Waals surface area contributed by atoms with E-state index < -0.39 is 10.5 Å². The van der Waals surface area contributed by atoms with Crippen LogP contribution >= 0.6 is 23.4 Å². The smallest absolute Gasteiger partial charge is 0.235 e. The Morgan fingerprint density at radius 3 is 2.94 bits per heavy atom. The van der Waals surface area contributed by atoms with E-state index in [1.165, 1.54) is 11.8 Å². The summed E-state index contributed by atoms with van der Waals surface area (Å²) >= 11 is 6.73. The van der Waals surface area contributed by atoms with Gasteiger partial charge in [-0.25, -0.2) is 0 Å². The summed E-state index contributed by atoms with van der Waals surface area (Å²) in [6, 6.07) is 5.21. The summed E-state index contributed by atoms with van der Waals surface area (Å²) in [7, 11) is 1.56. The predicted molar refractivity (Wildman–Crippen MR) is 62.4 cm³/mol. The number of Topliss-reactive ketones (excluding diaryl/α,β-unsaturated/α-hetero) is 1. The van der Waals surface area contributed by atoms with Crippen LogP contribution in [-0.4, -0.2) is 23.4 Å². The fraction of sp³-hybridized carbons (Fsp3) is 0.273. The highest BCUT2D eigenvalue weighted by Crippen LogP contribution is 2.38. The van der Waals surface area contributed by atoms with Gasteiger partial charge in [0, 0.05) is 16.9 Å². The number of hydrogen-bond donors (Lipinski definition) is 0. The lowest BCUT2D eigenvalue weighted by Gasteiger charge is -2.20. The van der Waals surface area contributed by atoms with Gasteiger partial charge in [-0.1, -0.05) is 0 Å². The van der Waals surface area contributed by atoms with Crippen molar-refractivity contribution in [1.82, 2.24) is 0 Å². The minimum Gasteiger partial charge on any atom is -0.497 e. The molecule has 0 saturated heterocycles. The molecule has 0 amide bonds. The molecule has 0 bridgehead atoms. The zero-order valence-electron chi connectivity index (χ0n) is 8.53. The van der Waals surface area contributed by atoms with Crippen molar-refractivity contribution in [2.24, 2.45) is 0 Å². The molecule has 1 atom stereocenters. The minimum absolute atomic E-state index is 0.0459. The third-order valence-corrected chi connectivity index (χ3v) is 4.03. The fourth-order valence-electron chi connectivity index (χ4n) is 1.56. The molecular weight excluding hydrogens is 248 g/mol. The SMILES string of the molecule is COc1ccc2c(c1)SC(C(=O)Cl)CC2=O. The average Bonchev–Trinajstić information content (AvgIpc) is 2.28. The molecule has 0 spiro atoms. The van der Waals surface area contributed by atoms with Crippen molar-refractivity contribution in [2.45, 2.75) is 16.6 Å². The molecule has 1 aromatic carbocycles. The Morgan fingerprint density at radius 1 is 1.56 bits per heavy atom. The van der Waals surface area contributed by atoms with Gasteiger partial charge < -0.3 is 4.74 Å². The molecule has 0 aliphatic carbocycles. The van der Waals surface area contributed by atoms with E-state index in [4.69, 9.17) is 16.3 Å². The van der Waals surface area contributed by atoms with Gasteiger partial charge in [-0.2, -0.15) is 0 Å². The van der Waals surface area contributed by atoms with Gasteiger partial charge in [-0.15, -0.1) is 11.8 Å². The van der Waals surface area contributed by atoms with Crippen LogP contribution in [0.4, 0.5) is 0 Å². The second-order valence-corrected chi connectivity index (χ2v) is 5.02. The maximum atomic E-state index is 11.7. The van der Waals surface area contributed by atoms with Crippen LogP contribution in [0, 0.1) is 0 Å². The standard InChI is InChI=1S/C11H9ClO3S/c1-15-6-2-3-7-8(13)5-10(11(12)14)16-9(7)4-6/h2-4,10H,5H2,1H3. The molecule has 84 valence electrons. The summed E-state index contributed by atoms with van der Waals surface area (Å²) in [5.41, 5.74) is 0.639. The van der Waals surface area contributed by atoms with Gasteiger partial charge >= 0.3 is 0 Å². The molecule has 0 fully saturated rings. The van der Waals surface area contributed by atoms with Crippen molar-refractivity contribution in [2.75, 3.05) is 7.11 Å². The summed E-state index contributed by atoms with van der Waals surface area (Å²) in [6.07, 6.45) is 0.173. The number of carbonyl (C=O) groups excluding carboxylic acids is 2. The Balaban J connectivity index is 2.39. The summed E-state index contributed by atoms with van der Waals surface area (Å²) in [4.78, 5) is 23.6. The third-order valence-electron chi connectivity index (χ3n) is 2.38. The number of methoxy groups -OCH3 is 1. The monoisotopic (exact) mass is 256 g/mol. The van der Waals surface area contributed by atoms with Crippen LogP contribution in [0.25, 0.3) is 0 Å². The zero-order chi connectivity index (χ0) is 11.7. The van der Waals surface area contributed by atoms with Crippen molar-refractivity contribution in [1.29, 1.82) is 0 Å². The highest BCUT2D eigenvalue weighted by Gasteiger charge is 2.29. The molecular formula is C11H9ClO3S. The fourth-order valence-corrected chi connectivity index (χ4v) is 2.90. The van der Waals surface area contributed by atoms with Crippen molar-refractivity contribution >= 4 is 34.4 Å². The topological polar surface area (TPSA) is 43.4 Å². The number of thioether (sulfide) groups is 1. The average molecular weight is 257 g/mol. The predicted octanol–water partition coefficient (Wildman–Crippen LogP) is 2.51. The number of benzene rings is 1. The molecule has 1 aliphatic heterocycles. The molecule has 1 aromatic rings. The van der Waals surface area contributed by atoms with E-state index in [2.05, 4.69) is 0 Å². The summed E-state index contributed by atoms with van der Waals surface area (Å²) in [5.74, 6) is 0.622. The first kappa shape index (κ1) is 11.5. The van der Waals surface area contributed by atoms with E-state index in [1.54, 1.807) is 25.3 Å². The largest absolute Gasteiger partial charge is 0.497 e. The lowest BCUT2D eigenvalue weighted by atomic mass is 10.1. The Hall–Kier alpha value is -1.00. The first-order chi connectivity index (χ1) is 7.61. The van der Waals surface area contributed by atoms with Gasteiger partial charge in [-0.05, 0) is 29.8 Å². The lowest BCUT2D eigenvalue weighted by molar-refractivity contribution is -0.111. The molecule has 1 heterocycles. The highest BCUT2D eigenvalue weighted by atomic mass is 35.5. The molecule has 3 nitrogen and oxygen atoms in total. The van der Waals surface area contributed by atoms with E-state index in [1.807, 2.05) is 0 Å². The lowest BCUT2D eigenvalue weighted by Crippen LogP contribution is -2.22. The van der Waals surface area contributed by atoms with Crippen molar-refractivity contribution < 1.29 is 14.3 Å². The van der Waals surface area contributed by atoms with Crippen LogP contribution < -0.4 is 4.74 Å². The second-order valence-electron chi connectivity index (χ2n) is 3.40. The van der Waals surface area contributed by atoms with E-state index in [-0.39, 0.29) is 12.2 Å². The van der Waals surface area contributed by atoms with Crippen LogP contribution in [0.2, 0.25) is 0 Å². The van der Waals surface area contributed by atoms with Crippen LogP contribution in [0.15, 0.2) is 23.1 Å². The highest BCUT2D eigenvalue weighted by molar-refractivity contribution is 8.01. The van der Waals surface area contributed by atoms with Crippen LogP contribution in [0.3, 0.4) is 0 Å². The van der Waals surface area contributed by atoms with Gasteiger partial charge in [0.1, 0.15) is 5.75 Å². The molecule has 0 aromatic heterocycles. The second kappa shape index (κ2) is 4.47. The summed E-state index contributed by atoms with van der Waals surface area (Å²) in [5, 5.41) is -0.958. The molecule has 5 heteroatoms. The Bertz CT molecular complexity index is 459. The molecule has 16 heavy (non-hydrogen) atoms. The third kappa shape index (κ3) is 2.08. The molecule has 0 radical (unpaired) electrons. The van der Waals surface area contributed by atoms with Gasteiger partial charge in [0.15, 0.2) is 5.78 Å². The van der Waals surface area contributed by atoms with E-state index in [0.717, 1.165) is 4.90 Å². The number of halogens is 1. The van der Waals surface area contributed by atoms with Gasteiger partial charge in [0.2, 0.25) is 5.24 Å². The quantitative estimate of drug-likeness (QED) is 0.763. The van der Waals surface area contributed by atoms with Gasteiger partial charge in [0.05, 0.1) is 12.4 Å². The normalized spacial score (nSPS) is 19.1. The van der Waals surface area contributed by atoms with E-state index in [9.17, 15) is 9.59 Å². The zero-order valence-corrected chi connectivity index (χ0v) is 10.1. The number of ether oxygens (including phenoxy) is 1. The molecule has 0 N–H and O–H groups in total. The van der Waals surface area contributed by atoms with E-state index in [0.29, 0.717) is 11.3 Å². The molecule has 0 saturated carbocycles. The van der Waals surface area contributed by atoms with Crippen LogP contribution in [0.5, 0.6) is 5.75 Å². The number of rotatable bonds is 2. The number of fused-ring (bicyclic) bond motifs is 1. The van der Waals surface area contributed by atoms with Crippen LogP contribution in [0.1, 0.15) is 16.8 Å². The first-order valence-corrected chi connectivity index (χ1v) is 5.95.